The monoisotopic (exact) mass is 264 g/mol. The van der Waals surface area contributed by atoms with E-state index >= 15 is 0 Å². The topological polar surface area (TPSA) is 88.5 Å². The van der Waals surface area contributed by atoms with Crippen LogP contribution in [0.1, 0.15) is 36.0 Å². The maximum Gasteiger partial charge on any atom is 0.322 e. The van der Waals surface area contributed by atoms with Crippen LogP contribution in [0, 0.1) is 0 Å². The predicted octanol–water partition coefficient (Wildman–Crippen LogP) is 1.22. The zero-order valence-corrected chi connectivity index (χ0v) is 10.5. The van der Waals surface area contributed by atoms with E-state index in [1.165, 1.54) is 19.0 Å². The van der Waals surface area contributed by atoms with Crippen LogP contribution in [0.5, 0.6) is 5.88 Å². The largest absolute Gasteiger partial charge is 0.480 e. The Balaban J connectivity index is 1.89. The van der Waals surface area contributed by atoms with Crippen molar-refractivity contribution >= 4 is 11.9 Å². The minimum absolute atomic E-state index is 0.221. The van der Waals surface area contributed by atoms with Crippen molar-refractivity contribution in [2.75, 3.05) is 6.54 Å². The number of carboxylic acids is 1. The number of ether oxygens (including phenoxy) is 1. The Morgan fingerprint density at radius 2 is 2.11 bits per heavy atom. The Morgan fingerprint density at radius 1 is 1.37 bits per heavy atom. The molecule has 6 heteroatoms. The van der Waals surface area contributed by atoms with Crippen molar-refractivity contribution in [3.63, 3.8) is 0 Å². The zero-order chi connectivity index (χ0) is 13.7. The highest BCUT2D eigenvalue weighted by Crippen LogP contribution is 2.22. The van der Waals surface area contributed by atoms with E-state index in [9.17, 15) is 9.59 Å². The third-order valence-corrected chi connectivity index (χ3v) is 2.99. The molecule has 0 saturated heterocycles. The number of carbonyl (C=O) groups excluding carboxylic acids is 1. The van der Waals surface area contributed by atoms with Crippen LogP contribution in [-0.4, -0.2) is 34.6 Å². The first-order chi connectivity index (χ1) is 9.15. The SMILES string of the molecule is O=C(O)CNC(=O)c1ccc(OC2CCCC2)nc1. The number of rotatable bonds is 5. The molecule has 2 rings (SSSR count). The molecule has 19 heavy (non-hydrogen) atoms. The van der Waals surface area contributed by atoms with Crippen LogP contribution in [0.2, 0.25) is 0 Å². The van der Waals surface area contributed by atoms with Gasteiger partial charge in [0.25, 0.3) is 5.91 Å². The Labute approximate surface area is 110 Å². The third kappa shape index (κ3) is 3.94. The number of hydrogen-bond donors (Lipinski definition) is 2. The highest BCUT2D eigenvalue weighted by molar-refractivity contribution is 5.95. The fraction of sp³-hybridized carbons (Fsp3) is 0.462. The lowest BCUT2D eigenvalue weighted by Crippen LogP contribution is -2.29. The maximum absolute atomic E-state index is 11.5. The maximum atomic E-state index is 11.5. The van der Waals surface area contributed by atoms with Crippen LogP contribution in [0.3, 0.4) is 0 Å². The van der Waals surface area contributed by atoms with Gasteiger partial charge in [-0.2, -0.15) is 0 Å². The summed E-state index contributed by atoms with van der Waals surface area (Å²) >= 11 is 0. The molecule has 1 fully saturated rings. The molecule has 1 saturated carbocycles. The minimum atomic E-state index is -1.08. The number of nitrogens with zero attached hydrogens (tertiary/aromatic N) is 1. The average molecular weight is 264 g/mol. The highest BCUT2D eigenvalue weighted by atomic mass is 16.5. The molecule has 0 atom stereocenters. The summed E-state index contributed by atoms with van der Waals surface area (Å²) in [5, 5.41) is 10.7. The van der Waals surface area contributed by atoms with Crippen LogP contribution in [-0.2, 0) is 4.79 Å². The van der Waals surface area contributed by atoms with E-state index in [1.54, 1.807) is 12.1 Å². The normalized spacial score (nSPS) is 15.2. The van der Waals surface area contributed by atoms with Crippen molar-refractivity contribution in [2.45, 2.75) is 31.8 Å². The molecule has 0 unspecified atom stereocenters. The number of amides is 1. The summed E-state index contributed by atoms with van der Waals surface area (Å²) in [6.07, 6.45) is 6.06. The smallest absolute Gasteiger partial charge is 0.322 e. The Hall–Kier alpha value is -2.11. The molecule has 0 aromatic carbocycles. The molecule has 2 N–H and O–H groups in total. The van der Waals surface area contributed by atoms with Crippen LogP contribution in [0.15, 0.2) is 18.3 Å². The van der Waals surface area contributed by atoms with Crippen molar-refractivity contribution < 1.29 is 19.4 Å². The Bertz CT molecular complexity index is 452. The summed E-state index contributed by atoms with van der Waals surface area (Å²) in [5.74, 6) is -1.04. The molecule has 1 aliphatic rings. The van der Waals surface area contributed by atoms with Gasteiger partial charge in [0, 0.05) is 12.3 Å². The lowest BCUT2D eigenvalue weighted by Gasteiger charge is -2.11. The molecule has 102 valence electrons. The summed E-state index contributed by atoms with van der Waals surface area (Å²) in [6.45, 7) is -0.404. The predicted molar refractivity (Wildman–Crippen MR) is 67.1 cm³/mol. The van der Waals surface area contributed by atoms with Crippen LogP contribution in [0.4, 0.5) is 0 Å². The first-order valence-electron chi connectivity index (χ1n) is 6.28. The third-order valence-electron chi connectivity index (χ3n) is 2.99. The van der Waals surface area contributed by atoms with Crippen molar-refractivity contribution in [1.82, 2.24) is 10.3 Å². The molecule has 1 aromatic heterocycles. The van der Waals surface area contributed by atoms with E-state index in [4.69, 9.17) is 9.84 Å². The molecule has 0 aliphatic heterocycles. The van der Waals surface area contributed by atoms with Gasteiger partial charge in [0.15, 0.2) is 0 Å². The second kappa shape index (κ2) is 6.17. The molecular weight excluding hydrogens is 248 g/mol. The molecule has 6 nitrogen and oxygen atoms in total. The summed E-state index contributed by atoms with van der Waals surface area (Å²) in [4.78, 5) is 25.9. The van der Waals surface area contributed by atoms with Gasteiger partial charge in [-0.3, -0.25) is 9.59 Å². The van der Waals surface area contributed by atoms with Gasteiger partial charge in [-0.25, -0.2) is 4.98 Å². The van der Waals surface area contributed by atoms with Gasteiger partial charge in [-0.15, -0.1) is 0 Å². The zero-order valence-electron chi connectivity index (χ0n) is 10.5. The van der Waals surface area contributed by atoms with Gasteiger partial charge in [0.1, 0.15) is 12.6 Å². The van der Waals surface area contributed by atoms with E-state index in [-0.39, 0.29) is 6.10 Å². The summed E-state index contributed by atoms with van der Waals surface area (Å²) < 4.78 is 5.67. The quantitative estimate of drug-likeness (QED) is 0.834. The molecular formula is C13H16N2O4. The first-order valence-corrected chi connectivity index (χ1v) is 6.28. The molecule has 1 aromatic rings. The van der Waals surface area contributed by atoms with E-state index < -0.39 is 18.4 Å². The van der Waals surface area contributed by atoms with Crippen LogP contribution in [0.25, 0.3) is 0 Å². The Kier molecular flexibility index (Phi) is 4.33. The first kappa shape index (κ1) is 13.3. The van der Waals surface area contributed by atoms with Gasteiger partial charge in [-0.05, 0) is 31.7 Å². The van der Waals surface area contributed by atoms with Crippen molar-refractivity contribution in [1.29, 1.82) is 0 Å². The lowest BCUT2D eigenvalue weighted by atomic mass is 10.2. The minimum Gasteiger partial charge on any atom is -0.480 e. The second-order valence-electron chi connectivity index (χ2n) is 4.49. The van der Waals surface area contributed by atoms with Gasteiger partial charge in [0.05, 0.1) is 5.56 Å². The number of carbonyl (C=O) groups is 2. The number of nitrogens with one attached hydrogen (secondary N) is 1. The number of hydrogen-bond acceptors (Lipinski definition) is 4. The summed E-state index contributed by atoms with van der Waals surface area (Å²) in [7, 11) is 0. The molecule has 0 bridgehead atoms. The molecule has 1 heterocycles. The number of aromatic nitrogens is 1. The molecule has 1 aliphatic carbocycles. The summed E-state index contributed by atoms with van der Waals surface area (Å²) in [5.41, 5.74) is 0.319. The molecule has 1 amide bonds. The van der Waals surface area contributed by atoms with Crippen LogP contribution >= 0.6 is 0 Å². The average Bonchev–Trinajstić information content (AvgIpc) is 2.89. The molecule has 0 radical (unpaired) electrons. The van der Waals surface area contributed by atoms with Gasteiger partial charge in [-0.1, -0.05) is 0 Å². The van der Waals surface area contributed by atoms with Gasteiger partial charge >= 0.3 is 5.97 Å². The summed E-state index contributed by atoms with van der Waals surface area (Å²) in [6, 6.07) is 3.21. The van der Waals surface area contributed by atoms with Crippen LogP contribution < -0.4 is 10.1 Å². The van der Waals surface area contributed by atoms with E-state index in [0.717, 1.165) is 12.8 Å². The highest BCUT2D eigenvalue weighted by Gasteiger charge is 2.17. The fourth-order valence-electron chi connectivity index (χ4n) is 2.02. The van der Waals surface area contributed by atoms with Crippen molar-refractivity contribution in [3.8, 4) is 5.88 Å². The number of aliphatic carboxylic acids is 1. The second-order valence-corrected chi connectivity index (χ2v) is 4.49. The van der Waals surface area contributed by atoms with Crippen molar-refractivity contribution in [3.05, 3.63) is 23.9 Å². The van der Waals surface area contributed by atoms with E-state index in [2.05, 4.69) is 10.3 Å². The van der Waals surface area contributed by atoms with Gasteiger partial charge < -0.3 is 15.2 Å². The number of carboxylic acid groups (broad SMARTS) is 1. The van der Waals surface area contributed by atoms with Gasteiger partial charge in [0.2, 0.25) is 5.88 Å². The van der Waals surface area contributed by atoms with E-state index in [1.807, 2.05) is 0 Å². The fourth-order valence-corrected chi connectivity index (χ4v) is 2.02. The van der Waals surface area contributed by atoms with E-state index in [0.29, 0.717) is 11.4 Å². The Morgan fingerprint density at radius 3 is 2.68 bits per heavy atom. The molecule has 0 spiro atoms. The van der Waals surface area contributed by atoms with Crippen molar-refractivity contribution in [2.24, 2.45) is 0 Å². The number of pyridine rings is 1. The lowest BCUT2D eigenvalue weighted by molar-refractivity contribution is -0.135. The standard InChI is InChI=1S/C13H16N2O4/c16-12(17)8-15-13(18)9-5-6-11(14-7-9)19-10-3-1-2-4-10/h5-7,10H,1-4,8H2,(H,15,18)(H,16,17).